The van der Waals surface area contributed by atoms with Crippen molar-refractivity contribution in [3.8, 4) is 17.2 Å². The quantitative estimate of drug-likeness (QED) is 0.315. The van der Waals surface area contributed by atoms with Gasteiger partial charge >= 0.3 is 5.97 Å². The topological polar surface area (TPSA) is 69.8 Å². The predicted molar refractivity (Wildman–Crippen MR) is 77.4 cm³/mol. The largest absolute Gasteiger partial charge is 0.487 e. The lowest BCUT2D eigenvalue weighted by Gasteiger charge is -2.13. The third-order valence-electron chi connectivity index (χ3n) is 3.13. The Bertz CT molecular complexity index is 574. The molecule has 0 aromatic heterocycles. The van der Waals surface area contributed by atoms with Gasteiger partial charge in [0.05, 0.1) is 13.2 Å². The van der Waals surface area contributed by atoms with Crippen LogP contribution in [0.1, 0.15) is 6.92 Å². The smallest absolute Gasteiger partial charge is 0.338 e. The SMILES string of the molecule is C=C(C)C(=O)Oc1ccc(OCC2CO2)c(OCC2CO2)c1. The Kier molecular flexibility index (Phi) is 4.31. The van der Waals surface area contributed by atoms with E-state index in [1.807, 2.05) is 0 Å². The highest BCUT2D eigenvalue weighted by molar-refractivity contribution is 5.88. The molecule has 0 aliphatic carbocycles. The lowest BCUT2D eigenvalue weighted by molar-refractivity contribution is -0.130. The van der Waals surface area contributed by atoms with E-state index in [1.165, 1.54) is 0 Å². The number of rotatable bonds is 8. The monoisotopic (exact) mass is 306 g/mol. The van der Waals surface area contributed by atoms with Gasteiger partial charge in [0.1, 0.15) is 31.2 Å². The van der Waals surface area contributed by atoms with Crippen molar-refractivity contribution in [2.45, 2.75) is 19.1 Å². The van der Waals surface area contributed by atoms with Crippen molar-refractivity contribution < 1.29 is 28.5 Å². The molecule has 3 rings (SSSR count). The Morgan fingerprint density at radius 3 is 2.32 bits per heavy atom. The van der Waals surface area contributed by atoms with E-state index in [-0.39, 0.29) is 12.2 Å². The van der Waals surface area contributed by atoms with E-state index in [4.69, 9.17) is 23.7 Å². The molecule has 2 aliphatic heterocycles. The zero-order valence-electron chi connectivity index (χ0n) is 12.4. The highest BCUT2D eigenvalue weighted by Crippen LogP contribution is 2.33. The Morgan fingerprint density at radius 1 is 1.18 bits per heavy atom. The van der Waals surface area contributed by atoms with Gasteiger partial charge in [-0.05, 0) is 19.1 Å². The van der Waals surface area contributed by atoms with Crippen molar-refractivity contribution in [2.24, 2.45) is 0 Å². The van der Waals surface area contributed by atoms with Crippen molar-refractivity contribution in [1.29, 1.82) is 0 Å². The zero-order valence-corrected chi connectivity index (χ0v) is 12.4. The van der Waals surface area contributed by atoms with E-state index in [2.05, 4.69) is 6.58 Å². The number of hydrogen-bond acceptors (Lipinski definition) is 6. The van der Waals surface area contributed by atoms with Crippen molar-refractivity contribution in [3.63, 3.8) is 0 Å². The number of esters is 1. The highest BCUT2D eigenvalue weighted by Gasteiger charge is 2.26. The lowest BCUT2D eigenvalue weighted by atomic mass is 10.3. The minimum absolute atomic E-state index is 0.126. The van der Waals surface area contributed by atoms with Crippen LogP contribution >= 0.6 is 0 Å². The van der Waals surface area contributed by atoms with Gasteiger partial charge in [-0.1, -0.05) is 6.58 Å². The molecule has 2 aliphatic rings. The molecular weight excluding hydrogens is 288 g/mol. The molecule has 6 nitrogen and oxygen atoms in total. The number of carbonyl (C=O) groups is 1. The van der Waals surface area contributed by atoms with Crippen LogP contribution in [0.5, 0.6) is 17.2 Å². The first-order valence-corrected chi connectivity index (χ1v) is 7.12. The Hall–Kier alpha value is -2.05. The molecule has 1 aromatic carbocycles. The molecule has 0 N–H and O–H groups in total. The summed E-state index contributed by atoms with van der Waals surface area (Å²) in [6.07, 6.45) is 0.279. The number of hydrogen-bond donors (Lipinski definition) is 0. The zero-order chi connectivity index (χ0) is 15.5. The average molecular weight is 306 g/mol. The summed E-state index contributed by atoms with van der Waals surface area (Å²) in [4.78, 5) is 11.6. The van der Waals surface area contributed by atoms with Crippen molar-refractivity contribution in [1.82, 2.24) is 0 Å². The second-order valence-electron chi connectivity index (χ2n) is 5.31. The van der Waals surface area contributed by atoms with E-state index in [9.17, 15) is 4.79 Å². The van der Waals surface area contributed by atoms with Gasteiger partial charge in [-0.15, -0.1) is 0 Å². The Labute approximate surface area is 128 Å². The summed E-state index contributed by atoms with van der Waals surface area (Å²) < 4.78 is 26.8. The van der Waals surface area contributed by atoms with Gasteiger partial charge in [-0.25, -0.2) is 4.79 Å². The van der Waals surface area contributed by atoms with Crippen LogP contribution in [0.15, 0.2) is 30.4 Å². The van der Waals surface area contributed by atoms with Crippen molar-refractivity contribution >= 4 is 5.97 Å². The van der Waals surface area contributed by atoms with E-state index >= 15 is 0 Å². The van der Waals surface area contributed by atoms with Crippen LogP contribution < -0.4 is 14.2 Å². The van der Waals surface area contributed by atoms with Crippen LogP contribution in [-0.4, -0.2) is 44.6 Å². The summed E-state index contributed by atoms with van der Waals surface area (Å²) in [6.45, 7) is 7.49. The minimum atomic E-state index is -0.475. The van der Waals surface area contributed by atoms with Crippen LogP contribution in [0.25, 0.3) is 0 Å². The number of carbonyl (C=O) groups excluding carboxylic acids is 1. The highest BCUT2D eigenvalue weighted by atomic mass is 16.6. The van der Waals surface area contributed by atoms with Gasteiger partial charge in [-0.2, -0.15) is 0 Å². The second-order valence-corrected chi connectivity index (χ2v) is 5.31. The summed E-state index contributed by atoms with van der Waals surface area (Å²) >= 11 is 0. The van der Waals surface area contributed by atoms with E-state index < -0.39 is 5.97 Å². The van der Waals surface area contributed by atoms with Gasteiger partial charge in [0.25, 0.3) is 0 Å². The average Bonchev–Trinajstić information content (AvgIpc) is 3.37. The van der Waals surface area contributed by atoms with Gasteiger partial charge in [0.15, 0.2) is 11.5 Å². The fourth-order valence-electron chi connectivity index (χ4n) is 1.67. The van der Waals surface area contributed by atoms with Crippen molar-refractivity contribution in [2.75, 3.05) is 26.4 Å². The summed E-state index contributed by atoms with van der Waals surface area (Å²) in [5.74, 6) is 1.01. The molecule has 0 amide bonds. The summed E-state index contributed by atoms with van der Waals surface area (Å²) in [5.41, 5.74) is 0.333. The van der Waals surface area contributed by atoms with E-state index in [1.54, 1.807) is 25.1 Å². The standard InChI is InChI=1S/C16H18O6/c1-10(2)16(17)22-11-3-4-14(20-8-12-6-18-12)15(5-11)21-9-13-7-19-13/h3-5,12-13H,1,6-9H2,2H3. The van der Waals surface area contributed by atoms with Crippen LogP contribution in [0.2, 0.25) is 0 Å². The van der Waals surface area contributed by atoms with Crippen LogP contribution in [0, 0.1) is 0 Å². The number of epoxide rings is 2. The first-order valence-electron chi connectivity index (χ1n) is 7.12. The van der Waals surface area contributed by atoms with Crippen molar-refractivity contribution in [3.05, 3.63) is 30.4 Å². The van der Waals surface area contributed by atoms with Gasteiger partial charge in [-0.3, -0.25) is 0 Å². The molecule has 6 heteroatoms. The third kappa shape index (κ3) is 4.22. The molecular formula is C16H18O6. The Morgan fingerprint density at radius 2 is 1.77 bits per heavy atom. The van der Waals surface area contributed by atoms with Gasteiger partial charge in [0.2, 0.25) is 0 Å². The van der Waals surface area contributed by atoms with Gasteiger partial charge < -0.3 is 23.7 Å². The van der Waals surface area contributed by atoms with E-state index in [0.717, 1.165) is 6.61 Å². The van der Waals surface area contributed by atoms with E-state index in [0.29, 0.717) is 42.6 Å². The first kappa shape index (κ1) is 14.9. The molecule has 2 atom stereocenters. The molecule has 0 saturated carbocycles. The molecule has 0 bridgehead atoms. The van der Waals surface area contributed by atoms with Crippen LogP contribution in [0.3, 0.4) is 0 Å². The molecule has 2 unspecified atom stereocenters. The minimum Gasteiger partial charge on any atom is -0.487 e. The predicted octanol–water partition coefficient (Wildman–Crippen LogP) is 1.72. The molecule has 2 heterocycles. The molecule has 2 saturated heterocycles. The fourth-order valence-corrected chi connectivity index (χ4v) is 1.67. The number of ether oxygens (including phenoxy) is 5. The molecule has 0 spiro atoms. The van der Waals surface area contributed by atoms with Crippen LogP contribution in [-0.2, 0) is 14.3 Å². The first-order chi connectivity index (χ1) is 10.6. The molecule has 0 radical (unpaired) electrons. The van der Waals surface area contributed by atoms with Crippen LogP contribution in [0.4, 0.5) is 0 Å². The maximum atomic E-state index is 11.6. The lowest BCUT2D eigenvalue weighted by Crippen LogP contribution is -2.10. The Balaban J connectivity index is 1.69. The summed E-state index contributed by atoms with van der Waals surface area (Å²) in [5, 5.41) is 0. The molecule has 1 aromatic rings. The fraction of sp³-hybridized carbons (Fsp3) is 0.438. The second kappa shape index (κ2) is 6.37. The molecule has 2 fully saturated rings. The number of benzene rings is 1. The maximum absolute atomic E-state index is 11.6. The summed E-state index contributed by atoms with van der Waals surface area (Å²) in [7, 11) is 0. The maximum Gasteiger partial charge on any atom is 0.338 e. The normalized spacial score (nSPS) is 21.9. The third-order valence-corrected chi connectivity index (χ3v) is 3.13. The molecule has 22 heavy (non-hydrogen) atoms. The summed E-state index contributed by atoms with van der Waals surface area (Å²) in [6, 6.07) is 5.00. The van der Waals surface area contributed by atoms with Gasteiger partial charge in [0, 0.05) is 11.6 Å². The molecule has 118 valence electrons.